The molecule has 1 atom stereocenters. The fourth-order valence-corrected chi connectivity index (χ4v) is 5.77. The van der Waals surface area contributed by atoms with Gasteiger partial charge in [0.2, 0.25) is 0 Å². The van der Waals surface area contributed by atoms with Crippen LogP contribution in [0.4, 0.5) is 0 Å². The number of thioether (sulfide) groups is 2. The average molecular weight is 305 g/mol. The predicted molar refractivity (Wildman–Crippen MR) is 87.3 cm³/mol. The molecular formula is C14H28N2OS2. The highest BCUT2D eigenvalue weighted by Gasteiger charge is 2.24. The smallest absolute Gasteiger partial charge is 0.0558 e. The Bertz CT molecular complexity index is 246. The topological polar surface area (TPSA) is 26.7 Å². The molecule has 0 saturated carbocycles. The number of aliphatic hydroxyl groups excluding tert-OH is 1. The lowest BCUT2D eigenvalue weighted by Crippen LogP contribution is -2.44. The maximum Gasteiger partial charge on any atom is 0.0558 e. The number of likely N-dealkylation sites (tertiary alicyclic amines) is 1. The van der Waals surface area contributed by atoms with Gasteiger partial charge in [-0.3, -0.25) is 0 Å². The number of β-amino-alcohol motifs (C(OH)–C–C–N with tert-alkyl or cyclic N) is 1. The summed E-state index contributed by atoms with van der Waals surface area (Å²) in [6.45, 7) is 4.75. The number of piperidine rings is 1. The highest BCUT2D eigenvalue weighted by Crippen LogP contribution is 2.22. The zero-order valence-electron chi connectivity index (χ0n) is 12.1. The van der Waals surface area contributed by atoms with Crippen LogP contribution < -0.4 is 0 Å². The maximum absolute atomic E-state index is 9.06. The highest BCUT2D eigenvalue weighted by molar-refractivity contribution is 8.03. The Morgan fingerprint density at radius 2 is 2.00 bits per heavy atom. The average Bonchev–Trinajstić information content (AvgIpc) is 2.68. The summed E-state index contributed by atoms with van der Waals surface area (Å²) in [4.78, 5) is 5.02. The highest BCUT2D eigenvalue weighted by atomic mass is 32.2. The summed E-state index contributed by atoms with van der Waals surface area (Å²) in [6, 6.07) is 0.755. The molecule has 0 radical (unpaired) electrons. The first kappa shape index (κ1) is 16.0. The molecule has 2 rings (SSSR count). The van der Waals surface area contributed by atoms with Crippen molar-refractivity contribution in [2.24, 2.45) is 5.92 Å². The van der Waals surface area contributed by atoms with Gasteiger partial charge in [-0.15, -0.1) is 0 Å². The van der Waals surface area contributed by atoms with Crippen LogP contribution in [0.15, 0.2) is 0 Å². The molecule has 2 aliphatic heterocycles. The first-order valence-electron chi connectivity index (χ1n) is 7.48. The van der Waals surface area contributed by atoms with Crippen molar-refractivity contribution in [3.8, 4) is 0 Å². The van der Waals surface area contributed by atoms with Gasteiger partial charge in [-0.1, -0.05) is 0 Å². The molecule has 19 heavy (non-hydrogen) atoms. The molecule has 5 heteroatoms. The number of rotatable bonds is 5. The van der Waals surface area contributed by atoms with Crippen LogP contribution in [0.1, 0.15) is 12.8 Å². The third-order valence-corrected chi connectivity index (χ3v) is 6.67. The largest absolute Gasteiger partial charge is 0.395 e. The molecule has 0 aromatic rings. The molecule has 0 spiro atoms. The van der Waals surface area contributed by atoms with Crippen molar-refractivity contribution in [1.29, 1.82) is 0 Å². The van der Waals surface area contributed by atoms with Crippen molar-refractivity contribution >= 4 is 23.5 Å². The van der Waals surface area contributed by atoms with E-state index in [1.807, 2.05) is 0 Å². The van der Waals surface area contributed by atoms with Crippen LogP contribution in [0.5, 0.6) is 0 Å². The minimum atomic E-state index is 0.304. The van der Waals surface area contributed by atoms with Gasteiger partial charge in [-0.2, -0.15) is 23.5 Å². The van der Waals surface area contributed by atoms with E-state index in [9.17, 15) is 0 Å². The van der Waals surface area contributed by atoms with Gasteiger partial charge >= 0.3 is 0 Å². The van der Waals surface area contributed by atoms with Crippen LogP contribution in [0, 0.1) is 5.92 Å². The normalized spacial score (nSPS) is 27.6. The van der Waals surface area contributed by atoms with Gasteiger partial charge in [0, 0.05) is 48.7 Å². The lowest BCUT2D eigenvalue weighted by molar-refractivity contribution is 0.114. The quantitative estimate of drug-likeness (QED) is 0.830. The summed E-state index contributed by atoms with van der Waals surface area (Å²) in [5, 5.41) is 9.06. The van der Waals surface area contributed by atoms with Crippen LogP contribution in [0.25, 0.3) is 0 Å². The van der Waals surface area contributed by atoms with Gasteiger partial charge in [0.25, 0.3) is 0 Å². The van der Waals surface area contributed by atoms with Crippen molar-refractivity contribution in [3.05, 3.63) is 0 Å². The van der Waals surface area contributed by atoms with Gasteiger partial charge in [0.15, 0.2) is 0 Å². The summed E-state index contributed by atoms with van der Waals surface area (Å²) >= 11 is 4.23. The van der Waals surface area contributed by atoms with E-state index < -0.39 is 0 Å². The summed E-state index contributed by atoms with van der Waals surface area (Å²) in [7, 11) is 2.31. The van der Waals surface area contributed by atoms with E-state index in [2.05, 4.69) is 40.4 Å². The van der Waals surface area contributed by atoms with Crippen molar-refractivity contribution in [2.75, 3.05) is 62.8 Å². The third kappa shape index (κ3) is 5.46. The van der Waals surface area contributed by atoms with Crippen LogP contribution in [0.2, 0.25) is 0 Å². The minimum absolute atomic E-state index is 0.304. The summed E-state index contributed by atoms with van der Waals surface area (Å²) in [5.74, 6) is 6.04. The fourth-order valence-electron chi connectivity index (χ4n) is 3.06. The molecule has 0 amide bonds. The number of hydrogen-bond acceptors (Lipinski definition) is 5. The lowest BCUT2D eigenvalue weighted by Gasteiger charge is -2.36. The molecule has 3 nitrogen and oxygen atoms in total. The molecule has 2 saturated heterocycles. The van der Waals surface area contributed by atoms with E-state index in [4.69, 9.17) is 5.11 Å². The molecule has 112 valence electrons. The molecule has 0 unspecified atom stereocenters. The molecule has 0 aromatic heterocycles. The summed E-state index contributed by atoms with van der Waals surface area (Å²) < 4.78 is 0. The summed E-state index contributed by atoms with van der Waals surface area (Å²) in [6.07, 6.45) is 2.66. The van der Waals surface area contributed by atoms with E-state index in [1.165, 1.54) is 55.5 Å². The number of aliphatic hydroxyl groups is 1. The van der Waals surface area contributed by atoms with Crippen LogP contribution >= 0.6 is 23.5 Å². The monoisotopic (exact) mass is 304 g/mol. The van der Waals surface area contributed by atoms with Crippen molar-refractivity contribution < 1.29 is 5.11 Å². The maximum atomic E-state index is 9.06. The van der Waals surface area contributed by atoms with Gasteiger partial charge in [-0.05, 0) is 32.4 Å². The Morgan fingerprint density at radius 3 is 2.68 bits per heavy atom. The molecule has 2 fully saturated rings. The van der Waals surface area contributed by atoms with Gasteiger partial charge < -0.3 is 14.9 Å². The van der Waals surface area contributed by atoms with Gasteiger partial charge in [0.1, 0.15) is 0 Å². The van der Waals surface area contributed by atoms with Crippen LogP contribution in [-0.2, 0) is 0 Å². The van der Waals surface area contributed by atoms with Gasteiger partial charge in [-0.25, -0.2) is 0 Å². The van der Waals surface area contributed by atoms with E-state index in [0.29, 0.717) is 6.61 Å². The SMILES string of the molecule is CN(C[C@H]1CCCN(CCO)C1)C1CSCCSC1. The predicted octanol–water partition coefficient (Wildman–Crippen LogP) is 1.47. The lowest BCUT2D eigenvalue weighted by atomic mass is 9.97. The first-order chi connectivity index (χ1) is 9.29. The van der Waals surface area contributed by atoms with E-state index in [0.717, 1.165) is 18.5 Å². The molecular weight excluding hydrogens is 276 g/mol. The minimum Gasteiger partial charge on any atom is -0.395 e. The molecule has 2 heterocycles. The molecule has 0 bridgehead atoms. The van der Waals surface area contributed by atoms with Gasteiger partial charge in [0.05, 0.1) is 6.61 Å². The molecule has 2 aliphatic rings. The second-order valence-corrected chi connectivity index (χ2v) is 8.08. The number of hydrogen-bond donors (Lipinski definition) is 1. The van der Waals surface area contributed by atoms with Crippen LogP contribution in [-0.4, -0.2) is 83.8 Å². The molecule has 0 aliphatic carbocycles. The zero-order chi connectivity index (χ0) is 13.5. The third-order valence-electron chi connectivity index (χ3n) is 4.18. The zero-order valence-corrected chi connectivity index (χ0v) is 13.7. The second kappa shape index (κ2) is 8.78. The number of nitrogens with zero attached hydrogens (tertiary/aromatic N) is 2. The van der Waals surface area contributed by atoms with Crippen LogP contribution in [0.3, 0.4) is 0 Å². The molecule has 1 N–H and O–H groups in total. The first-order valence-corrected chi connectivity index (χ1v) is 9.79. The van der Waals surface area contributed by atoms with E-state index in [1.54, 1.807) is 0 Å². The Morgan fingerprint density at radius 1 is 1.26 bits per heavy atom. The van der Waals surface area contributed by atoms with Crippen molar-refractivity contribution in [3.63, 3.8) is 0 Å². The summed E-state index contributed by atoms with van der Waals surface area (Å²) in [5.41, 5.74) is 0. The van der Waals surface area contributed by atoms with E-state index in [-0.39, 0.29) is 0 Å². The Balaban J connectivity index is 1.75. The van der Waals surface area contributed by atoms with E-state index >= 15 is 0 Å². The Labute approximate surface area is 126 Å². The van der Waals surface area contributed by atoms with Crippen molar-refractivity contribution in [1.82, 2.24) is 9.80 Å². The Hall–Kier alpha value is 0.580. The standard InChI is InChI=1S/C14H28N2OS2/c1-15(14-11-18-7-8-19-12-14)9-13-3-2-4-16(10-13)5-6-17/h13-14,17H,2-12H2,1H3/t13-/m1/s1. The molecule has 0 aromatic carbocycles. The Kier molecular flexibility index (Phi) is 7.37. The van der Waals surface area contributed by atoms with Crippen molar-refractivity contribution in [2.45, 2.75) is 18.9 Å². The second-order valence-electron chi connectivity index (χ2n) is 5.78. The fraction of sp³-hybridized carbons (Fsp3) is 1.00.